The lowest BCUT2D eigenvalue weighted by molar-refractivity contribution is -0.123. The molecular formula is C17H20N2O3. The third-order valence-electron chi connectivity index (χ3n) is 3.46. The number of carbonyl (C=O) groups excluding carboxylic acids is 2. The van der Waals surface area contributed by atoms with E-state index in [1.165, 1.54) is 6.92 Å². The van der Waals surface area contributed by atoms with Crippen LogP contribution in [0.3, 0.4) is 0 Å². The second kappa shape index (κ2) is 7.54. The Hall–Kier alpha value is -2.43. The van der Waals surface area contributed by atoms with Gasteiger partial charge < -0.3 is 10.2 Å². The van der Waals surface area contributed by atoms with Crippen molar-refractivity contribution in [3.05, 3.63) is 47.5 Å². The Balaban J connectivity index is 2.04. The maximum absolute atomic E-state index is 12.2. The highest BCUT2D eigenvalue weighted by Crippen LogP contribution is 2.12. The molecule has 1 aliphatic heterocycles. The van der Waals surface area contributed by atoms with Gasteiger partial charge in [0.15, 0.2) is 11.5 Å². The van der Waals surface area contributed by atoms with Crippen molar-refractivity contribution in [3.63, 3.8) is 0 Å². The van der Waals surface area contributed by atoms with Gasteiger partial charge in [0.25, 0.3) is 5.91 Å². The number of amides is 1. The van der Waals surface area contributed by atoms with Crippen LogP contribution in [0.1, 0.15) is 25.8 Å². The molecule has 5 nitrogen and oxygen atoms in total. The topological polar surface area (TPSA) is 67.8 Å². The summed E-state index contributed by atoms with van der Waals surface area (Å²) < 4.78 is 0. The molecule has 0 aliphatic carbocycles. The van der Waals surface area contributed by atoms with Gasteiger partial charge in [-0.05, 0) is 37.0 Å². The third kappa shape index (κ3) is 4.28. The van der Waals surface area contributed by atoms with Crippen LogP contribution in [0, 0.1) is 0 Å². The van der Waals surface area contributed by atoms with Crippen molar-refractivity contribution in [1.29, 1.82) is 0 Å². The Morgan fingerprint density at radius 1 is 1.32 bits per heavy atom. The fraction of sp³-hybridized carbons (Fsp3) is 0.353. The number of hydrogen-bond donors (Lipinski definition) is 1. The van der Waals surface area contributed by atoms with Gasteiger partial charge in [0.2, 0.25) is 0 Å². The standard InChI is InChI=1S/C17H20N2O3/c1-3-15(12(2)20)18-17(21)16-10-14(11-22-19-16)9-13-7-5-4-6-8-13/h4-8,10,15H,3,9,11H2,1-2H3,(H,18,21)/t15-/m0/s1. The summed E-state index contributed by atoms with van der Waals surface area (Å²) in [6.45, 7) is 3.68. The van der Waals surface area contributed by atoms with E-state index < -0.39 is 6.04 Å². The number of ketones is 1. The number of nitrogens with one attached hydrogen (secondary N) is 1. The van der Waals surface area contributed by atoms with Crippen molar-refractivity contribution in [3.8, 4) is 0 Å². The Morgan fingerprint density at radius 2 is 2.05 bits per heavy atom. The summed E-state index contributed by atoms with van der Waals surface area (Å²) in [5.41, 5.74) is 2.33. The van der Waals surface area contributed by atoms with Crippen molar-refractivity contribution < 1.29 is 14.4 Å². The molecule has 5 heteroatoms. The van der Waals surface area contributed by atoms with E-state index in [0.717, 1.165) is 11.1 Å². The molecule has 0 saturated heterocycles. The van der Waals surface area contributed by atoms with E-state index in [0.29, 0.717) is 19.4 Å². The minimum absolute atomic E-state index is 0.0679. The lowest BCUT2D eigenvalue weighted by Gasteiger charge is -2.16. The minimum atomic E-state index is -0.483. The lowest BCUT2D eigenvalue weighted by atomic mass is 10.0. The summed E-state index contributed by atoms with van der Waals surface area (Å²) in [7, 11) is 0. The largest absolute Gasteiger partial charge is 0.391 e. The first kappa shape index (κ1) is 15.9. The van der Waals surface area contributed by atoms with E-state index in [9.17, 15) is 9.59 Å². The molecular weight excluding hydrogens is 280 g/mol. The summed E-state index contributed by atoms with van der Waals surface area (Å²) in [4.78, 5) is 28.7. The van der Waals surface area contributed by atoms with Crippen molar-refractivity contribution in [2.75, 3.05) is 6.61 Å². The van der Waals surface area contributed by atoms with Gasteiger partial charge in [-0.2, -0.15) is 0 Å². The van der Waals surface area contributed by atoms with E-state index in [1.807, 2.05) is 37.3 Å². The molecule has 1 heterocycles. The SMILES string of the molecule is CC[C@H](NC(=O)C1=NOCC(Cc2ccccc2)=C1)C(C)=O. The second-order valence-corrected chi connectivity index (χ2v) is 5.26. The highest BCUT2D eigenvalue weighted by molar-refractivity contribution is 6.43. The molecule has 1 aromatic carbocycles. The molecule has 1 aromatic rings. The van der Waals surface area contributed by atoms with Gasteiger partial charge in [-0.25, -0.2) is 0 Å². The van der Waals surface area contributed by atoms with Crippen LogP contribution in [0.5, 0.6) is 0 Å². The smallest absolute Gasteiger partial charge is 0.273 e. The van der Waals surface area contributed by atoms with E-state index in [1.54, 1.807) is 6.08 Å². The van der Waals surface area contributed by atoms with E-state index in [-0.39, 0.29) is 17.4 Å². The van der Waals surface area contributed by atoms with Crippen LogP contribution in [0.15, 0.2) is 47.1 Å². The highest BCUT2D eigenvalue weighted by atomic mass is 16.6. The average molecular weight is 300 g/mol. The van der Waals surface area contributed by atoms with Gasteiger partial charge >= 0.3 is 0 Å². The number of Topliss-reactive ketones (excluding diaryl/α,β-unsaturated/α-hetero) is 1. The lowest BCUT2D eigenvalue weighted by Crippen LogP contribution is -2.42. The molecule has 0 radical (unpaired) electrons. The van der Waals surface area contributed by atoms with Gasteiger partial charge in [0, 0.05) is 0 Å². The monoisotopic (exact) mass is 300 g/mol. The first-order chi connectivity index (χ1) is 10.6. The average Bonchev–Trinajstić information content (AvgIpc) is 2.53. The number of nitrogens with zero attached hydrogens (tertiary/aromatic N) is 1. The van der Waals surface area contributed by atoms with Crippen molar-refractivity contribution in [2.24, 2.45) is 5.16 Å². The molecule has 1 aliphatic rings. The van der Waals surface area contributed by atoms with E-state index in [2.05, 4.69) is 10.5 Å². The fourth-order valence-corrected chi connectivity index (χ4v) is 2.24. The Labute approximate surface area is 130 Å². The maximum Gasteiger partial charge on any atom is 0.273 e. The van der Waals surface area contributed by atoms with E-state index in [4.69, 9.17) is 4.84 Å². The summed E-state index contributed by atoms with van der Waals surface area (Å²) in [5, 5.41) is 6.46. The van der Waals surface area contributed by atoms with Crippen LogP contribution >= 0.6 is 0 Å². The van der Waals surface area contributed by atoms with Crippen molar-refractivity contribution in [2.45, 2.75) is 32.7 Å². The minimum Gasteiger partial charge on any atom is -0.391 e. The molecule has 0 saturated carbocycles. The molecule has 2 rings (SSSR count). The second-order valence-electron chi connectivity index (χ2n) is 5.26. The highest BCUT2D eigenvalue weighted by Gasteiger charge is 2.20. The number of rotatable bonds is 6. The van der Waals surface area contributed by atoms with E-state index >= 15 is 0 Å². The van der Waals surface area contributed by atoms with Crippen LogP contribution in [-0.2, 0) is 20.8 Å². The van der Waals surface area contributed by atoms with Gasteiger partial charge in [0.05, 0.1) is 6.04 Å². The number of carbonyl (C=O) groups is 2. The van der Waals surface area contributed by atoms with Gasteiger partial charge in [-0.1, -0.05) is 42.4 Å². The third-order valence-corrected chi connectivity index (χ3v) is 3.46. The predicted octanol–water partition coefficient (Wildman–Crippen LogP) is 2.03. The zero-order valence-electron chi connectivity index (χ0n) is 12.8. The first-order valence-electron chi connectivity index (χ1n) is 7.34. The number of benzene rings is 1. The molecule has 0 spiro atoms. The Kier molecular flexibility index (Phi) is 5.47. The van der Waals surface area contributed by atoms with Crippen LogP contribution in [0.4, 0.5) is 0 Å². The fourth-order valence-electron chi connectivity index (χ4n) is 2.24. The quantitative estimate of drug-likeness (QED) is 0.874. The number of oxime groups is 1. The molecule has 1 atom stereocenters. The predicted molar refractivity (Wildman–Crippen MR) is 84.5 cm³/mol. The summed E-state index contributed by atoms with van der Waals surface area (Å²) in [6.07, 6.45) is 2.99. The Morgan fingerprint density at radius 3 is 2.68 bits per heavy atom. The zero-order chi connectivity index (χ0) is 15.9. The van der Waals surface area contributed by atoms with Crippen molar-refractivity contribution in [1.82, 2.24) is 5.32 Å². The molecule has 0 unspecified atom stereocenters. The summed E-state index contributed by atoms with van der Waals surface area (Å²) in [5.74, 6) is -0.450. The summed E-state index contributed by atoms with van der Waals surface area (Å²) >= 11 is 0. The number of hydrogen-bond acceptors (Lipinski definition) is 4. The first-order valence-corrected chi connectivity index (χ1v) is 7.34. The van der Waals surface area contributed by atoms with Crippen molar-refractivity contribution >= 4 is 17.4 Å². The van der Waals surface area contributed by atoms with Gasteiger partial charge in [-0.15, -0.1) is 0 Å². The normalized spacial score (nSPS) is 15.2. The molecule has 22 heavy (non-hydrogen) atoms. The van der Waals surface area contributed by atoms with Gasteiger partial charge in [0.1, 0.15) is 6.61 Å². The van der Waals surface area contributed by atoms with Crippen LogP contribution < -0.4 is 5.32 Å². The van der Waals surface area contributed by atoms with Crippen LogP contribution in [0.2, 0.25) is 0 Å². The zero-order valence-corrected chi connectivity index (χ0v) is 12.8. The molecule has 0 aromatic heterocycles. The van der Waals surface area contributed by atoms with Crippen LogP contribution in [-0.4, -0.2) is 30.1 Å². The van der Waals surface area contributed by atoms with Gasteiger partial charge in [-0.3, -0.25) is 9.59 Å². The molecule has 116 valence electrons. The van der Waals surface area contributed by atoms with Crippen LogP contribution in [0.25, 0.3) is 0 Å². The summed E-state index contributed by atoms with van der Waals surface area (Å²) in [6, 6.07) is 9.47. The molecule has 0 bridgehead atoms. The Bertz CT molecular complexity index is 606. The maximum atomic E-state index is 12.2. The molecule has 1 amide bonds. The molecule has 1 N–H and O–H groups in total. The molecule has 0 fully saturated rings.